The average Bonchev–Trinajstić information content (AvgIpc) is 2.30. The molecule has 0 aliphatic carbocycles. The lowest BCUT2D eigenvalue weighted by molar-refractivity contribution is 0.0992. The first-order valence-corrected chi connectivity index (χ1v) is 8.67. The van der Waals surface area contributed by atoms with Crippen LogP contribution in [0.5, 0.6) is 0 Å². The molecule has 0 amide bonds. The quantitative estimate of drug-likeness (QED) is 0.745. The Morgan fingerprint density at radius 2 is 1.12 bits per heavy atom. The third-order valence-corrected chi connectivity index (χ3v) is 8.48. The van der Waals surface area contributed by atoms with Gasteiger partial charge in [-0.05, 0) is 0 Å². The second kappa shape index (κ2) is 5.09. The largest absolute Gasteiger partial charge is 0.459 e. The molecule has 2 heterocycles. The van der Waals surface area contributed by atoms with Crippen LogP contribution in [0, 0.1) is 0 Å². The summed E-state index contributed by atoms with van der Waals surface area (Å²) in [7, 11) is -6.08. The zero-order valence-electron chi connectivity index (χ0n) is 9.24. The SMILES string of the molecule is CC([P+]1(O)OCCCO1)[P+]1(O)OCCCO1. The molecule has 8 heteroatoms. The van der Waals surface area contributed by atoms with Crippen molar-refractivity contribution in [1.82, 2.24) is 0 Å². The summed E-state index contributed by atoms with van der Waals surface area (Å²) in [4.78, 5) is 20.5. The van der Waals surface area contributed by atoms with Crippen LogP contribution in [-0.4, -0.2) is 41.6 Å². The van der Waals surface area contributed by atoms with Crippen LogP contribution in [0.25, 0.3) is 0 Å². The summed E-state index contributed by atoms with van der Waals surface area (Å²) >= 11 is 0. The highest BCUT2D eigenvalue weighted by atomic mass is 31.3. The van der Waals surface area contributed by atoms with Crippen LogP contribution < -0.4 is 0 Å². The van der Waals surface area contributed by atoms with Crippen molar-refractivity contribution in [1.29, 1.82) is 0 Å². The second-order valence-electron chi connectivity index (χ2n) is 3.80. The Morgan fingerprint density at radius 3 is 1.44 bits per heavy atom. The summed E-state index contributed by atoms with van der Waals surface area (Å²) in [5.41, 5.74) is 0. The minimum Gasteiger partial charge on any atom is -0.189 e. The highest BCUT2D eigenvalue weighted by molar-refractivity contribution is 7.79. The van der Waals surface area contributed by atoms with Gasteiger partial charge in [0.2, 0.25) is 0 Å². The van der Waals surface area contributed by atoms with E-state index in [0.717, 1.165) is 12.8 Å². The molecule has 0 bridgehead atoms. The summed E-state index contributed by atoms with van der Waals surface area (Å²) in [5, 5.41) is -0.624. The lowest BCUT2D eigenvalue weighted by Crippen LogP contribution is -2.27. The van der Waals surface area contributed by atoms with Crippen molar-refractivity contribution in [2.45, 2.75) is 25.2 Å². The van der Waals surface area contributed by atoms with Gasteiger partial charge in [-0.1, -0.05) is 0 Å². The standard InChI is InChI=1S/C8H18O6P2/c1-8(15(9)11-4-2-5-12-15)16(10)13-6-3-7-14-16/h8-10H,2-7H2,1H3/q+2. The van der Waals surface area contributed by atoms with Crippen LogP contribution in [0.1, 0.15) is 19.8 Å². The molecule has 16 heavy (non-hydrogen) atoms. The van der Waals surface area contributed by atoms with Gasteiger partial charge in [0, 0.05) is 19.8 Å². The molecular formula is C8H18O6P2+2. The summed E-state index contributed by atoms with van der Waals surface area (Å²) in [6.45, 7) is 3.48. The molecule has 2 aliphatic rings. The highest BCUT2D eigenvalue weighted by Crippen LogP contribution is 2.79. The highest BCUT2D eigenvalue weighted by Gasteiger charge is 2.69. The van der Waals surface area contributed by atoms with E-state index in [1.807, 2.05) is 0 Å². The lowest BCUT2D eigenvalue weighted by atomic mass is 10.5. The minimum atomic E-state index is -3.04. The Labute approximate surface area is 96.0 Å². The first-order valence-electron chi connectivity index (χ1n) is 5.38. The van der Waals surface area contributed by atoms with Crippen LogP contribution in [0.2, 0.25) is 0 Å². The van der Waals surface area contributed by atoms with E-state index in [2.05, 4.69) is 0 Å². The minimum absolute atomic E-state index is 0.453. The van der Waals surface area contributed by atoms with E-state index in [4.69, 9.17) is 18.1 Å². The molecule has 0 radical (unpaired) electrons. The Balaban J connectivity index is 2.06. The van der Waals surface area contributed by atoms with E-state index < -0.39 is 21.3 Å². The van der Waals surface area contributed by atoms with Crippen LogP contribution in [-0.2, 0) is 18.1 Å². The molecule has 0 aromatic carbocycles. The smallest absolute Gasteiger partial charge is 0.189 e. The number of hydrogen-bond acceptors (Lipinski definition) is 6. The zero-order chi connectivity index (χ0) is 11.6. The molecule has 2 aliphatic heterocycles. The summed E-state index contributed by atoms with van der Waals surface area (Å²) in [6.07, 6.45) is 1.52. The molecule has 2 fully saturated rings. The topological polar surface area (TPSA) is 77.4 Å². The van der Waals surface area contributed by atoms with Gasteiger partial charge >= 0.3 is 21.3 Å². The fourth-order valence-electron chi connectivity index (χ4n) is 1.59. The Hall–Kier alpha value is 0.620. The predicted octanol–water partition coefficient (Wildman–Crippen LogP) is 1.72. The first kappa shape index (κ1) is 13.1. The average molecular weight is 272 g/mol. The molecule has 0 atom stereocenters. The predicted molar refractivity (Wildman–Crippen MR) is 60.8 cm³/mol. The third-order valence-electron chi connectivity index (χ3n) is 2.63. The van der Waals surface area contributed by atoms with E-state index in [9.17, 15) is 9.79 Å². The Bertz CT molecular complexity index is 215. The maximum absolute atomic E-state index is 10.2. The lowest BCUT2D eigenvalue weighted by Gasteiger charge is -2.29. The second-order valence-corrected chi connectivity index (χ2v) is 9.05. The Morgan fingerprint density at radius 1 is 0.812 bits per heavy atom. The van der Waals surface area contributed by atoms with E-state index in [0.29, 0.717) is 26.4 Å². The Kier molecular flexibility index (Phi) is 4.15. The van der Waals surface area contributed by atoms with Gasteiger partial charge in [0.1, 0.15) is 0 Å². The summed E-state index contributed by atoms with van der Waals surface area (Å²) in [6, 6.07) is 0. The molecule has 94 valence electrons. The maximum Gasteiger partial charge on any atom is 0.459 e. The van der Waals surface area contributed by atoms with Crippen molar-refractivity contribution in [3.63, 3.8) is 0 Å². The molecule has 2 N–H and O–H groups in total. The van der Waals surface area contributed by atoms with Crippen molar-refractivity contribution in [2.75, 3.05) is 26.4 Å². The van der Waals surface area contributed by atoms with E-state index >= 15 is 0 Å². The molecule has 2 rings (SSSR count). The van der Waals surface area contributed by atoms with Crippen molar-refractivity contribution >= 4 is 15.9 Å². The normalized spacial score (nSPS) is 29.2. The first-order chi connectivity index (χ1) is 7.57. The monoisotopic (exact) mass is 272 g/mol. The van der Waals surface area contributed by atoms with Crippen LogP contribution in [0.3, 0.4) is 0 Å². The van der Waals surface area contributed by atoms with Crippen LogP contribution in [0.15, 0.2) is 0 Å². The number of hydrogen-bond donors (Lipinski definition) is 2. The molecule has 0 aromatic rings. The summed E-state index contributed by atoms with van der Waals surface area (Å²) in [5.74, 6) is 0. The van der Waals surface area contributed by atoms with E-state index in [1.165, 1.54) is 0 Å². The van der Waals surface area contributed by atoms with Crippen molar-refractivity contribution < 1.29 is 27.9 Å². The van der Waals surface area contributed by atoms with Gasteiger partial charge in [-0.2, -0.15) is 27.9 Å². The molecule has 6 nitrogen and oxygen atoms in total. The van der Waals surface area contributed by atoms with Crippen molar-refractivity contribution in [2.24, 2.45) is 0 Å². The van der Waals surface area contributed by atoms with Gasteiger partial charge in [-0.25, -0.2) is 0 Å². The number of rotatable bonds is 2. The van der Waals surface area contributed by atoms with Gasteiger partial charge in [0.05, 0.1) is 26.4 Å². The zero-order valence-corrected chi connectivity index (χ0v) is 11.0. The van der Waals surface area contributed by atoms with Crippen LogP contribution in [0.4, 0.5) is 0 Å². The fraction of sp³-hybridized carbons (Fsp3) is 1.00. The summed E-state index contributed by atoms with van der Waals surface area (Å²) < 4.78 is 21.2. The van der Waals surface area contributed by atoms with Gasteiger partial charge in [-0.15, -0.1) is 0 Å². The van der Waals surface area contributed by atoms with Crippen LogP contribution >= 0.6 is 15.9 Å². The van der Waals surface area contributed by atoms with Gasteiger partial charge in [0.25, 0.3) is 0 Å². The molecular weight excluding hydrogens is 254 g/mol. The van der Waals surface area contributed by atoms with Crippen molar-refractivity contribution in [3.05, 3.63) is 0 Å². The van der Waals surface area contributed by atoms with Gasteiger partial charge < -0.3 is 0 Å². The third kappa shape index (κ3) is 2.55. The molecule has 0 saturated carbocycles. The van der Waals surface area contributed by atoms with E-state index in [1.54, 1.807) is 6.92 Å². The van der Waals surface area contributed by atoms with Crippen molar-refractivity contribution in [3.8, 4) is 0 Å². The van der Waals surface area contributed by atoms with Gasteiger partial charge in [0.15, 0.2) is 0 Å². The fourth-order valence-corrected chi connectivity index (χ4v) is 6.44. The molecule has 0 aromatic heterocycles. The van der Waals surface area contributed by atoms with Gasteiger partial charge in [-0.3, -0.25) is 0 Å². The van der Waals surface area contributed by atoms with E-state index in [-0.39, 0.29) is 0 Å². The molecule has 0 unspecified atom stereocenters. The maximum atomic E-state index is 10.2. The molecule has 0 spiro atoms. The molecule has 2 saturated heterocycles.